The molecule has 1 aliphatic heterocycles. The van der Waals surface area contributed by atoms with Gasteiger partial charge in [0.25, 0.3) is 5.91 Å². The van der Waals surface area contributed by atoms with Crippen molar-refractivity contribution in [1.82, 2.24) is 20.2 Å². The lowest BCUT2D eigenvalue weighted by atomic mass is 10.1. The summed E-state index contributed by atoms with van der Waals surface area (Å²) in [6.07, 6.45) is 1.78. The number of hydrogen-bond donors (Lipinski definition) is 2. The quantitative estimate of drug-likeness (QED) is 0.786. The zero-order chi connectivity index (χ0) is 19.2. The fraction of sp³-hybridized carbons (Fsp3) is 0.476. The van der Waals surface area contributed by atoms with Gasteiger partial charge in [-0.15, -0.1) is 0 Å². The van der Waals surface area contributed by atoms with Crippen LogP contribution in [0.25, 0.3) is 0 Å². The largest absolute Gasteiger partial charge is 0.350 e. The van der Waals surface area contributed by atoms with Crippen molar-refractivity contribution < 1.29 is 4.79 Å². The van der Waals surface area contributed by atoms with Crippen molar-refractivity contribution in [2.45, 2.75) is 33.2 Å². The molecule has 0 radical (unpaired) electrons. The molecule has 1 atom stereocenters. The van der Waals surface area contributed by atoms with Gasteiger partial charge in [-0.3, -0.25) is 9.69 Å². The molecule has 2 heterocycles. The van der Waals surface area contributed by atoms with E-state index in [1.54, 1.807) is 6.07 Å². The number of hydrogen-bond acceptors (Lipinski definition) is 4. The van der Waals surface area contributed by atoms with E-state index >= 15 is 0 Å². The highest BCUT2D eigenvalue weighted by Gasteiger charge is 2.23. The Morgan fingerprint density at radius 1 is 1.33 bits per heavy atom. The van der Waals surface area contributed by atoms with Gasteiger partial charge in [0, 0.05) is 25.3 Å². The molecule has 0 bridgehead atoms. The van der Waals surface area contributed by atoms with Crippen LogP contribution in [0.5, 0.6) is 0 Å². The van der Waals surface area contributed by atoms with Gasteiger partial charge in [-0.05, 0) is 42.9 Å². The number of carbonyl (C=O) groups excluding carboxylic acids is 1. The van der Waals surface area contributed by atoms with Gasteiger partial charge in [0.2, 0.25) is 0 Å². The summed E-state index contributed by atoms with van der Waals surface area (Å²) in [7, 11) is 0. The molecule has 6 nitrogen and oxygen atoms in total. The Bertz CT molecular complexity index is 816. The van der Waals surface area contributed by atoms with Crippen molar-refractivity contribution in [3.8, 4) is 0 Å². The number of amides is 1. The standard InChI is InChI=1S/C21H28N4O2/c1-15(2)10-18-11-19(24-21(27)23-18)20(26)22-12-17-8-9-25(14-17)13-16-6-4-3-5-7-16/h3-7,11,15,17H,8-10,12-14H2,1-2H3,(H,22,26)(H,23,24,27)/t17-/m1/s1. The summed E-state index contributed by atoms with van der Waals surface area (Å²) in [6, 6.07) is 12.1. The van der Waals surface area contributed by atoms with E-state index in [2.05, 4.69) is 58.3 Å². The SMILES string of the molecule is CC(C)Cc1cc(C(=O)NC[C@H]2CCN(Cc3ccccc3)C2)nc(=O)[nH]1. The molecule has 1 aliphatic rings. The maximum atomic E-state index is 12.4. The van der Waals surface area contributed by atoms with Gasteiger partial charge in [0.1, 0.15) is 5.69 Å². The summed E-state index contributed by atoms with van der Waals surface area (Å²) < 4.78 is 0. The van der Waals surface area contributed by atoms with Crippen molar-refractivity contribution in [3.63, 3.8) is 0 Å². The van der Waals surface area contributed by atoms with Crippen LogP contribution in [0.2, 0.25) is 0 Å². The summed E-state index contributed by atoms with van der Waals surface area (Å²) in [4.78, 5) is 33.1. The van der Waals surface area contributed by atoms with E-state index in [1.807, 2.05) is 6.07 Å². The Morgan fingerprint density at radius 2 is 2.11 bits per heavy atom. The fourth-order valence-electron chi connectivity index (χ4n) is 3.57. The summed E-state index contributed by atoms with van der Waals surface area (Å²) >= 11 is 0. The molecule has 1 fully saturated rings. The van der Waals surface area contributed by atoms with E-state index in [4.69, 9.17) is 0 Å². The van der Waals surface area contributed by atoms with Crippen LogP contribution in [0.3, 0.4) is 0 Å². The third-order valence-corrected chi connectivity index (χ3v) is 4.83. The second-order valence-corrected chi connectivity index (χ2v) is 7.78. The minimum Gasteiger partial charge on any atom is -0.350 e. The van der Waals surface area contributed by atoms with E-state index in [1.165, 1.54) is 5.56 Å². The summed E-state index contributed by atoms with van der Waals surface area (Å²) in [6.45, 7) is 7.70. The predicted molar refractivity (Wildman–Crippen MR) is 106 cm³/mol. The maximum Gasteiger partial charge on any atom is 0.345 e. The van der Waals surface area contributed by atoms with Crippen molar-refractivity contribution in [2.24, 2.45) is 11.8 Å². The van der Waals surface area contributed by atoms with Crippen LogP contribution in [-0.2, 0) is 13.0 Å². The van der Waals surface area contributed by atoms with Gasteiger partial charge < -0.3 is 10.3 Å². The second kappa shape index (κ2) is 8.95. The van der Waals surface area contributed by atoms with Gasteiger partial charge in [0.15, 0.2) is 0 Å². The Morgan fingerprint density at radius 3 is 2.85 bits per heavy atom. The third-order valence-electron chi connectivity index (χ3n) is 4.83. The maximum absolute atomic E-state index is 12.4. The van der Waals surface area contributed by atoms with Crippen molar-refractivity contribution in [2.75, 3.05) is 19.6 Å². The molecule has 0 aliphatic carbocycles. The van der Waals surface area contributed by atoms with Crippen LogP contribution in [0, 0.1) is 11.8 Å². The van der Waals surface area contributed by atoms with Crippen molar-refractivity contribution in [3.05, 3.63) is 63.8 Å². The zero-order valence-electron chi connectivity index (χ0n) is 16.1. The van der Waals surface area contributed by atoms with Crippen LogP contribution < -0.4 is 11.0 Å². The molecule has 1 aromatic carbocycles. The van der Waals surface area contributed by atoms with Crippen LogP contribution in [0.1, 0.15) is 42.0 Å². The molecule has 2 N–H and O–H groups in total. The van der Waals surface area contributed by atoms with Gasteiger partial charge in [-0.1, -0.05) is 44.2 Å². The molecule has 3 rings (SSSR count). The highest BCUT2D eigenvalue weighted by atomic mass is 16.2. The average molecular weight is 368 g/mol. The molecule has 2 aromatic rings. The normalized spacial score (nSPS) is 17.4. The fourth-order valence-corrected chi connectivity index (χ4v) is 3.57. The highest BCUT2D eigenvalue weighted by molar-refractivity contribution is 5.92. The zero-order valence-corrected chi connectivity index (χ0v) is 16.1. The van der Waals surface area contributed by atoms with E-state index in [0.29, 0.717) is 18.4 Å². The molecule has 1 amide bonds. The number of aromatic amines is 1. The van der Waals surface area contributed by atoms with Crippen LogP contribution in [0.4, 0.5) is 0 Å². The lowest BCUT2D eigenvalue weighted by Gasteiger charge is -2.16. The minimum absolute atomic E-state index is 0.202. The van der Waals surface area contributed by atoms with Gasteiger partial charge in [-0.25, -0.2) is 4.79 Å². The molecule has 6 heteroatoms. The van der Waals surface area contributed by atoms with E-state index in [9.17, 15) is 9.59 Å². The molecule has 144 valence electrons. The number of H-pyrrole nitrogens is 1. The van der Waals surface area contributed by atoms with Gasteiger partial charge in [0.05, 0.1) is 0 Å². The van der Waals surface area contributed by atoms with Gasteiger partial charge >= 0.3 is 5.69 Å². The first-order valence-corrected chi connectivity index (χ1v) is 9.64. The van der Waals surface area contributed by atoms with Crippen molar-refractivity contribution >= 4 is 5.91 Å². The lowest BCUT2D eigenvalue weighted by Crippen LogP contribution is -2.33. The van der Waals surface area contributed by atoms with E-state index in [0.717, 1.165) is 38.2 Å². The highest BCUT2D eigenvalue weighted by Crippen LogP contribution is 2.18. The average Bonchev–Trinajstić information content (AvgIpc) is 3.07. The van der Waals surface area contributed by atoms with Crippen LogP contribution in [-0.4, -0.2) is 40.4 Å². The number of aromatic nitrogens is 2. The molecule has 0 saturated carbocycles. The monoisotopic (exact) mass is 368 g/mol. The second-order valence-electron chi connectivity index (χ2n) is 7.78. The molecular formula is C21H28N4O2. The first-order chi connectivity index (χ1) is 13.0. The summed E-state index contributed by atoms with van der Waals surface area (Å²) in [5.41, 5.74) is 1.80. The van der Waals surface area contributed by atoms with E-state index in [-0.39, 0.29) is 11.6 Å². The smallest absolute Gasteiger partial charge is 0.345 e. The Labute approximate surface area is 160 Å². The number of benzene rings is 1. The topological polar surface area (TPSA) is 78.1 Å². The first kappa shape index (κ1) is 19.3. The molecule has 1 saturated heterocycles. The molecule has 0 unspecified atom stereocenters. The predicted octanol–water partition coefficient (Wildman–Crippen LogP) is 2.22. The summed E-state index contributed by atoms with van der Waals surface area (Å²) in [5.74, 6) is 0.551. The lowest BCUT2D eigenvalue weighted by molar-refractivity contribution is 0.0941. The Balaban J connectivity index is 1.51. The van der Waals surface area contributed by atoms with Crippen LogP contribution in [0.15, 0.2) is 41.2 Å². The summed E-state index contributed by atoms with van der Waals surface area (Å²) in [5, 5.41) is 2.95. The number of rotatable bonds is 7. The number of likely N-dealkylation sites (tertiary alicyclic amines) is 1. The minimum atomic E-state index is -0.465. The van der Waals surface area contributed by atoms with E-state index < -0.39 is 5.69 Å². The van der Waals surface area contributed by atoms with Gasteiger partial charge in [-0.2, -0.15) is 4.98 Å². The third kappa shape index (κ3) is 5.76. The Kier molecular flexibility index (Phi) is 6.40. The molecule has 0 spiro atoms. The number of carbonyl (C=O) groups is 1. The Hall–Kier alpha value is -2.47. The number of nitrogens with one attached hydrogen (secondary N) is 2. The van der Waals surface area contributed by atoms with Crippen molar-refractivity contribution in [1.29, 1.82) is 0 Å². The van der Waals surface area contributed by atoms with Crippen LogP contribution >= 0.6 is 0 Å². The molecule has 27 heavy (non-hydrogen) atoms. The first-order valence-electron chi connectivity index (χ1n) is 9.64. The molecule has 1 aromatic heterocycles. The number of nitrogens with zero attached hydrogens (tertiary/aromatic N) is 2. The molecular weight excluding hydrogens is 340 g/mol.